The lowest BCUT2D eigenvalue weighted by atomic mass is 10.2. The average Bonchev–Trinajstić information content (AvgIpc) is 3.78. The highest BCUT2D eigenvalue weighted by Gasteiger charge is 2.35. The van der Waals surface area contributed by atoms with Crippen molar-refractivity contribution >= 4 is 32.4 Å². The lowest BCUT2D eigenvalue weighted by Gasteiger charge is -2.07. The molecule has 0 N–H and O–H groups in total. The maximum atomic E-state index is 14.2. The molecule has 2 saturated carbocycles. The Morgan fingerprint density at radius 2 is 1.95 bits per heavy atom. The van der Waals surface area contributed by atoms with Gasteiger partial charge < -0.3 is 4.57 Å². The zero-order chi connectivity index (χ0) is 26.1. The minimum atomic E-state index is -4.58. The summed E-state index contributed by atoms with van der Waals surface area (Å²) in [7, 11) is -1.70. The van der Waals surface area contributed by atoms with Gasteiger partial charge in [0.2, 0.25) is 0 Å². The van der Waals surface area contributed by atoms with Crippen LogP contribution in [0.3, 0.4) is 0 Å². The van der Waals surface area contributed by atoms with Crippen LogP contribution in [0.4, 0.5) is 13.2 Å². The largest absolute Gasteiger partial charge is 0.417 e. The van der Waals surface area contributed by atoms with Crippen LogP contribution in [-0.4, -0.2) is 45.0 Å². The second-order valence-corrected chi connectivity index (χ2v) is 12.1. The van der Waals surface area contributed by atoms with E-state index in [0.717, 1.165) is 43.6 Å². The Morgan fingerprint density at radius 1 is 1.19 bits per heavy atom. The molecular weight excluding hydrogens is 507 g/mol. The van der Waals surface area contributed by atoms with Gasteiger partial charge in [-0.2, -0.15) is 22.6 Å². The van der Waals surface area contributed by atoms with Crippen LogP contribution in [0.2, 0.25) is 0 Å². The van der Waals surface area contributed by atoms with Crippen molar-refractivity contribution in [2.45, 2.75) is 56.1 Å². The second-order valence-electron chi connectivity index (χ2n) is 9.68. The molecule has 1 amide bonds. The highest BCUT2D eigenvalue weighted by Crippen LogP contribution is 2.42. The summed E-state index contributed by atoms with van der Waals surface area (Å²) in [6.45, 7) is 1.67. The number of hydrogen-bond acceptors (Lipinski definition) is 6. The second kappa shape index (κ2) is 8.33. The number of imidazole rings is 1. The summed E-state index contributed by atoms with van der Waals surface area (Å²) >= 11 is 0. The van der Waals surface area contributed by atoms with E-state index >= 15 is 0 Å². The molecule has 0 aliphatic heterocycles. The fourth-order valence-corrected chi connectivity index (χ4v) is 6.12. The highest BCUT2D eigenvalue weighted by molar-refractivity contribution is 7.94. The van der Waals surface area contributed by atoms with Crippen LogP contribution >= 0.6 is 0 Å². The molecule has 194 valence electrons. The standard InChI is InChI=1S/C24H24F3N7O2S/c1-3-37(36,32-18(35)10-13-4-5-13)23-19(21-28-9-8-17(14-6-7-14)34(21)31-23)22-30-16-11-15(24(25,26)27)12-29-20(16)33(22)2/h8-9,11-14H,3-7,10H2,1-2H3. The molecular formula is C24H24F3N7O2S. The van der Waals surface area contributed by atoms with Gasteiger partial charge in [0.1, 0.15) is 21.1 Å². The molecule has 37 heavy (non-hydrogen) atoms. The third-order valence-corrected chi connectivity index (χ3v) is 9.05. The van der Waals surface area contributed by atoms with E-state index in [-0.39, 0.29) is 51.6 Å². The molecule has 1 unspecified atom stereocenters. The molecule has 9 nitrogen and oxygen atoms in total. The van der Waals surface area contributed by atoms with Crippen molar-refractivity contribution < 1.29 is 22.2 Å². The molecule has 2 aliphatic rings. The molecule has 0 radical (unpaired) electrons. The Morgan fingerprint density at radius 3 is 2.59 bits per heavy atom. The number of carbonyl (C=O) groups is 1. The zero-order valence-corrected chi connectivity index (χ0v) is 21.0. The minimum Gasteiger partial charge on any atom is -0.312 e. The number of aryl methyl sites for hydroxylation is 1. The van der Waals surface area contributed by atoms with E-state index in [2.05, 4.69) is 24.4 Å². The Kier molecular flexibility index (Phi) is 5.41. The third-order valence-electron chi connectivity index (χ3n) is 6.87. The number of alkyl halides is 3. The van der Waals surface area contributed by atoms with Crippen LogP contribution in [0.15, 0.2) is 33.9 Å². The first-order chi connectivity index (χ1) is 17.6. The van der Waals surface area contributed by atoms with Crippen molar-refractivity contribution in [3.05, 3.63) is 35.8 Å². The van der Waals surface area contributed by atoms with Crippen molar-refractivity contribution in [3.63, 3.8) is 0 Å². The Bertz CT molecular complexity index is 1690. The van der Waals surface area contributed by atoms with E-state index in [1.165, 1.54) is 4.57 Å². The van der Waals surface area contributed by atoms with E-state index in [9.17, 15) is 22.2 Å². The first-order valence-corrected chi connectivity index (χ1v) is 13.8. The van der Waals surface area contributed by atoms with E-state index in [4.69, 9.17) is 0 Å². The quantitative estimate of drug-likeness (QED) is 0.356. The van der Waals surface area contributed by atoms with Crippen LogP contribution in [0.5, 0.6) is 0 Å². The number of amides is 1. The molecule has 0 aromatic carbocycles. The molecule has 2 aliphatic carbocycles. The predicted octanol–water partition coefficient (Wildman–Crippen LogP) is 4.75. The zero-order valence-electron chi connectivity index (χ0n) is 20.2. The van der Waals surface area contributed by atoms with Crippen molar-refractivity contribution in [1.82, 2.24) is 29.1 Å². The maximum Gasteiger partial charge on any atom is 0.417 e. The first kappa shape index (κ1) is 24.0. The lowest BCUT2D eigenvalue weighted by Crippen LogP contribution is -2.11. The molecule has 4 aromatic heterocycles. The van der Waals surface area contributed by atoms with Crippen molar-refractivity contribution in [2.24, 2.45) is 17.3 Å². The summed E-state index contributed by atoms with van der Waals surface area (Å²) in [6, 6.07) is 2.78. The monoisotopic (exact) mass is 531 g/mol. The summed E-state index contributed by atoms with van der Waals surface area (Å²) in [5, 5.41) is 4.75. The number of rotatable bonds is 6. The summed E-state index contributed by atoms with van der Waals surface area (Å²) < 4.78 is 61.6. The number of fused-ring (bicyclic) bond motifs is 2. The number of nitrogens with zero attached hydrogens (tertiary/aromatic N) is 7. The van der Waals surface area contributed by atoms with Gasteiger partial charge in [-0.15, -0.1) is 0 Å². The maximum absolute atomic E-state index is 14.2. The molecule has 0 bridgehead atoms. The van der Waals surface area contributed by atoms with E-state index in [1.54, 1.807) is 24.7 Å². The molecule has 0 saturated heterocycles. The Hall–Kier alpha value is -3.35. The molecule has 0 spiro atoms. The number of hydrogen-bond donors (Lipinski definition) is 0. The van der Waals surface area contributed by atoms with E-state index in [0.29, 0.717) is 5.65 Å². The Labute approximate surface area is 210 Å². The summed E-state index contributed by atoms with van der Waals surface area (Å²) in [4.78, 5) is 25.7. The van der Waals surface area contributed by atoms with Gasteiger partial charge in [-0.1, -0.05) is 6.92 Å². The fraction of sp³-hybridized carbons (Fsp3) is 0.458. The topological polar surface area (TPSA) is 107 Å². The van der Waals surface area contributed by atoms with Gasteiger partial charge in [-0.3, -0.25) is 4.79 Å². The van der Waals surface area contributed by atoms with Gasteiger partial charge in [0.15, 0.2) is 16.3 Å². The lowest BCUT2D eigenvalue weighted by molar-refractivity contribution is -0.137. The van der Waals surface area contributed by atoms with E-state index < -0.39 is 27.4 Å². The molecule has 2 fully saturated rings. The van der Waals surface area contributed by atoms with Crippen LogP contribution in [-0.2, 0) is 27.7 Å². The summed E-state index contributed by atoms with van der Waals surface area (Å²) in [5.41, 5.74) is 0.858. The summed E-state index contributed by atoms with van der Waals surface area (Å²) in [6.07, 6.45) is 1.92. The van der Waals surface area contributed by atoms with E-state index in [1.807, 2.05) is 6.07 Å². The fourth-order valence-electron chi connectivity index (χ4n) is 4.52. The summed E-state index contributed by atoms with van der Waals surface area (Å²) in [5.74, 6) is 0.342. The number of aromatic nitrogens is 6. The number of carbonyl (C=O) groups excluding carboxylic acids is 1. The van der Waals surface area contributed by atoms with Crippen molar-refractivity contribution in [3.8, 4) is 11.4 Å². The normalized spacial score (nSPS) is 17.9. The van der Waals surface area contributed by atoms with Crippen LogP contribution in [0.25, 0.3) is 28.2 Å². The molecule has 6 rings (SSSR count). The van der Waals surface area contributed by atoms with Gasteiger partial charge in [-0.25, -0.2) is 23.7 Å². The third kappa shape index (κ3) is 4.18. The molecule has 13 heteroatoms. The SMILES string of the molecule is CCS(=O)(=NC(=O)CC1CC1)c1nn2c(C3CC3)ccnc2c1-c1nc2cc(C(F)(F)F)cnc2n1C. The van der Waals surface area contributed by atoms with Gasteiger partial charge in [0, 0.05) is 43.2 Å². The van der Waals surface area contributed by atoms with Crippen LogP contribution < -0.4 is 0 Å². The Balaban J connectivity index is 1.62. The molecule has 1 atom stereocenters. The van der Waals surface area contributed by atoms with Gasteiger partial charge >= 0.3 is 6.18 Å². The van der Waals surface area contributed by atoms with Gasteiger partial charge in [0.05, 0.1) is 11.1 Å². The smallest absolute Gasteiger partial charge is 0.312 e. The van der Waals surface area contributed by atoms with Gasteiger partial charge in [0.25, 0.3) is 5.91 Å². The first-order valence-electron chi connectivity index (χ1n) is 12.1. The predicted molar refractivity (Wildman–Crippen MR) is 129 cm³/mol. The number of halogens is 3. The number of pyridine rings is 1. The average molecular weight is 532 g/mol. The minimum absolute atomic E-state index is 0.0272. The van der Waals surface area contributed by atoms with Crippen molar-refractivity contribution in [2.75, 3.05) is 5.75 Å². The van der Waals surface area contributed by atoms with Gasteiger partial charge in [-0.05, 0) is 43.7 Å². The molecule has 4 heterocycles. The van der Waals surface area contributed by atoms with Crippen molar-refractivity contribution in [1.29, 1.82) is 0 Å². The highest BCUT2D eigenvalue weighted by atomic mass is 32.2. The van der Waals surface area contributed by atoms with Crippen LogP contribution in [0.1, 0.15) is 56.2 Å². The van der Waals surface area contributed by atoms with Crippen LogP contribution in [0, 0.1) is 5.92 Å². The molecule has 4 aromatic rings.